The fourth-order valence-corrected chi connectivity index (χ4v) is 7.41. The van der Waals surface area contributed by atoms with Crippen LogP contribution in [0.15, 0.2) is 66.7 Å². The normalized spacial score (nSPS) is 18.1. The Balaban J connectivity index is 1.08. The second-order valence-electron chi connectivity index (χ2n) is 15.7. The summed E-state index contributed by atoms with van der Waals surface area (Å²) in [5.74, 6) is 1.96. The molecule has 2 aliphatic heterocycles. The Kier molecular flexibility index (Phi) is 13.1. The molecule has 0 bridgehead atoms. The van der Waals surface area contributed by atoms with E-state index in [1.54, 1.807) is 7.11 Å². The van der Waals surface area contributed by atoms with Crippen LogP contribution >= 0.6 is 0 Å². The van der Waals surface area contributed by atoms with Crippen molar-refractivity contribution in [3.63, 3.8) is 0 Å². The molecule has 3 aromatic rings. The van der Waals surface area contributed by atoms with E-state index in [1.165, 1.54) is 18.1 Å². The van der Waals surface area contributed by atoms with E-state index in [-0.39, 0.29) is 29.4 Å². The molecule has 3 aromatic carbocycles. The molecule has 10 heteroatoms. The van der Waals surface area contributed by atoms with Gasteiger partial charge in [-0.2, -0.15) is 4.89 Å². The third-order valence-electron chi connectivity index (χ3n) is 10.2. The fraction of sp³-hybridized carbons (Fsp3) is 0.524. The quantitative estimate of drug-likeness (QED) is 0.0969. The van der Waals surface area contributed by atoms with Crippen LogP contribution in [0, 0.1) is 5.41 Å². The number of rotatable bonds is 15. The number of amides is 2. The number of hydrogen-bond donors (Lipinski definition) is 1. The van der Waals surface area contributed by atoms with E-state index in [4.69, 9.17) is 24.0 Å². The summed E-state index contributed by atoms with van der Waals surface area (Å²) in [4.78, 5) is 39.9. The molecule has 0 radical (unpaired) electrons. The first-order valence-electron chi connectivity index (χ1n) is 18.5. The maximum absolute atomic E-state index is 13.4. The number of nitrogens with one attached hydrogen (secondary N) is 1. The number of carbonyl (C=O) groups excluding carboxylic acids is 2. The molecule has 1 fully saturated rings. The van der Waals surface area contributed by atoms with Gasteiger partial charge in [0.15, 0.2) is 0 Å². The Morgan fingerprint density at radius 2 is 1.75 bits per heavy atom. The summed E-state index contributed by atoms with van der Waals surface area (Å²) in [5.41, 5.74) is 5.44. The van der Waals surface area contributed by atoms with Gasteiger partial charge in [-0.05, 0) is 65.1 Å². The van der Waals surface area contributed by atoms with Crippen molar-refractivity contribution in [1.29, 1.82) is 0 Å². The van der Waals surface area contributed by atoms with E-state index in [0.717, 1.165) is 60.7 Å². The molecule has 52 heavy (non-hydrogen) atoms. The van der Waals surface area contributed by atoms with Gasteiger partial charge in [0.25, 0.3) is 0 Å². The molecule has 0 aliphatic carbocycles. The lowest BCUT2D eigenvalue weighted by Gasteiger charge is -2.45. The summed E-state index contributed by atoms with van der Waals surface area (Å²) in [6, 6.07) is 22.5. The Hall–Kier alpha value is -4.28. The lowest BCUT2D eigenvalue weighted by atomic mass is 9.75. The number of likely N-dealkylation sites (tertiary alicyclic amines) is 1. The SMILES string of the molecule is COc1ccccc1COCCCOc1ccc(C2CCN(C(=O)OOCc3ccc4c(c3)N(CCNC(C)=O)CC4(C)C)C(C(C)(C)C)C2)cc1. The van der Waals surface area contributed by atoms with Crippen molar-refractivity contribution in [1.82, 2.24) is 10.2 Å². The molecule has 1 saturated heterocycles. The van der Waals surface area contributed by atoms with Crippen LogP contribution < -0.4 is 19.7 Å². The zero-order chi connectivity index (χ0) is 37.3. The first-order chi connectivity index (χ1) is 24.9. The largest absolute Gasteiger partial charge is 0.496 e. The number of benzene rings is 3. The third kappa shape index (κ3) is 10.2. The zero-order valence-corrected chi connectivity index (χ0v) is 32.0. The van der Waals surface area contributed by atoms with Gasteiger partial charge in [-0.1, -0.05) is 77.1 Å². The van der Waals surface area contributed by atoms with Crippen molar-refractivity contribution in [2.24, 2.45) is 5.41 Å². The molecule has 282 valence electrons. The van der Waals surface area contributed by atoms with Gasteiger partial charge in [0.1, 0.15) is 18.1 Å². The van der Waals surface area contributed by atoms with Gasteiger partial charge in [-0.3, -0.25) is 9.68 Å². The summed E-state index contributed by atoms with van der Waals surface area (Å²) in [6.07, 6.45) is 2.00. The van der Waals surface area contributed by atoms with E-state index in [1.807, 2.05) is 47.4 Å². The molecular weight excluding hydrogens is 658 g/mol. The maximum atomic E-state index is 13.4. The van der Waals surface area contributed by atoms with E-state index in [9.17, 15) is 9.59 Å². The zero-order valence-electron chi connectivity index (χ0n) is 32.0. The Labute approximate surface area is 309 Å². The molecule has 2 aliphatic rings. The molecule has 2 unspecified atom stereocenters. The van der Waals surface area contributed by atoms with Crippen molar-refractivity contribution in [2.45, 2.75) is 91.4 Å². The molecular formula is C42H57N3O7. The van der Waals surface area contributed by atoms with Crippen LogP contribution in [-0.4, -0.2) is 69.4 Å². The number of anilines is 1. The second-order valence-corrected chi connectivity index (χ2v) is 15.7. The van der Waals surface area contributed by atoms with Crippen LogP contribution in [0.25, 0.3) is 0 Å². The van der Waals surface area contributed by atoms with Crippen LogP contribution in [0.5, 0.6) is 11.5 Å². The third-order valence-corrected chi connectivity index (χ3v) is 10.2. The standard InChI is InChI=1S/C42H57N3O7/c1-30(46)43-20-22-44-29-42(5,6)36-18-13-31(25-37(36)44)27-51-52-40(47)45-21-19-33(26-39(45)41(2,3)4)32-14-16-35(17-15-32)50-24-10-23-49-28-34-11-8-9-12-38(34)48-7/h8-9,11-18,25,33,39H,10,19-24,26-29H2,1-7H3,(H,43,46). The summed E-state index contributed by atoms with van der Waals surface area (Å²) in [7, 11) is 1.67. The van der Waals surface area contributed by atoms with Crippen molar-refractivity contribution in [3.05, 3.63) is 89.0 Å². The number of methoxy groups -OCH3 is 1. The number of piperidine rings is 1. The van der Waals surface area contributed by atoms with Crippen LogP contribution in [0.4, 0.5) is 10.5 Å². The average molecular weight is 716 g/mol. The topological polar surface area (TPSA) is 98.8 Å². The summed E-state index contributed by atoms with van der Waals surface area (Å²) in [5, 5.41) is 2.89. The minimum atomic E-state index is -0.451. The highest BCUT2D eigenvalue weighted by molar-refractivity contribution is 5.73. The highest BCUT2D eigenvalue weighted by Crippen LogP contribution is 2.42. The van der Waals surface area contributed by atoms with E-state index in [2.05, 4.69) is 69.1 Å². The van der Waals surface area contributed by atoms with Gasteiger partial charge in [0.05, 0.1) is 26.9 Å². The Bertz CT molecular complexity index is 1640. The highest BCUT2D eigenvalue weighted by Gasteiger charge is 2.40. The predicted octanol–water partition coefficient (Wildman–Crippen LogP) is 7.78. The number of fused-ring (bicyclic) bond motifs is 1. The summed E-state index contributed by atoms with van der Waals surface area (Å²) >= 11 is 0. The van der Waals surface area contributed by atoms with Crippen LogP contribution in [0.2, 0.25) is 0 Å². The van der Waals surface area contributed by atoms with Crippen LogP contribution in [-0.2, 0) is 37.9 Å². The smallest absolute Gasteiger partial charge is 0.441 e. The van der Waals surface area contributed by atoms with Crippen molar-refractivity contribution in [2.75, 3.05) is 51.4 Å². The molecule has 0 spiro atoms. The number of hydrogen-bond acceptors (Lipinski definition) is 8. The minimum Gasteiger partial charge on any atom is -0.496 e. The Morgan fingerprint density at radius 3 is 2.48 bits per heavy atom. The van der Waals surface area contributed by atoms with E-state index in [0.29, 0.717) is 38.8 Å². The number of ether oxygens (including phenoxy) is 3. The van der Waals surface area contributed by atoms with E-state index >= 15 is 0 Å². The molecule has 1 N–H and O–H groups in total. The molecule has 2 atom stereocenters. The molecule has 0 saturated carbocycles. The van der Waals surface area contributed by atoms with Crippen LogP contribution in [0.1, 0.15) is 89.0 Å². The van der Waals surface area contributed by atoms with Crippen LogP contribution in [0.3, 0.4) is 0 Å². The van der Waals surface area contributed by atoms with Gasteiger partial charge in [-0.15, -0.1) is 0 Å². The molecule has 0 aromatic heterocycles. The van der Waals surface area contributed by atoms with E-state index < -0.39 is 6.09 Å². The van der Waals surface area contributed by atoms with Crippen molar-refractivity contribution >= 4 is 17.7 Å². The first kappa shape index (κ1) is 38.9. The number of para-hydroxylation sites is 1. The molecule has 5 rings (SSSR count). The summed E-state index contributed by atoms with van der Waals surface area (Å²) in [6.45, 7) is 17.1. The minimum absolute atomic E-state index is 0.00390. The van der Waals surface area contributed by atoms with Crippen molar-refractivity contribution in [3.8, 4) is 11.5 Å². The second kappa shape index (κ2) is 17.5. The number of nitrogens with zero attached hydrogens (tertiary/aromatic N) is 2. The maximum Gasteiger partial charge on any atom is 0.441 e. The van der Waals surface area contributed by atoms with Gasteiger partial charge in [0.2, 0.25) is 5.91 Å². The van der Waals surface area contributed by atoms with Gasteiger partial charge < -0.3 is 29.3 Å². The first-order valence-corrected chi connectivity index (χ1v) is 18.5. The lowest BCUT2D eigenvalue weighted by Crippen LogP contribution is -2.51. The summed E-state index contributed by atoms with van der Waals surface area (Å²) < 4.78 is 17.2. The fourth-order valence-electron chi connectivity index (χ4n) is 7.41. The van der Waals surface area contributed by atoms with Gasteiger partial charge in [0, 0.05) is 62.2 Å². The monoisotopic (exact) mass is 715 g/mol. The van der Waals surface area contributed by atoms with Crippen molar-refractivity contribution < 1.29 is 33.6 Å². The molecule has 10 nitrogen and oxygen atoms in total. The van der Waals surface area contributed by atoms with Gasteiger partial charge in [-0.25, -0.2) is 4.79 Å². The highest BCUT2D eigenvalue weighted by atomic mass is 17.2. The number of carbonyl (C=O) groups is 2. The van der Waals surface area contributed by atoms with Gasteiger partial charge >= 0.3 is 6.09 Å². The molecule has 2 amide bonds. The average Bonchev–Trinajstić information content (AvgIpc) is 3.37. The predicted molar refractivity (Wildman–Crippen MR) is 203 cm³/mol. The molecule has 2 heterocycles. The Morgan fingerprint density at radius 1 is 0.981 bits per heavy atom. The lowest BCUT2D eigenvalue weighted by molar-refractivity contribution is -0.258.